The van der Waals surface area contributed by atoms with Crippen LogP contribution in [-0.4, -0.2) is 25.9 Å². The summed E-state index contributed by atoms with van der Waals surface area (Å²) in [6, 6.07) is 18.9. The second-order valence-electron chi connectivity index (χ2n) is 6.53. The van der Waals surface area contributed by atoms with Gasteiger partial charge < -0.3 is 0 Å². The highest BCUT2D eigenvalue weighted by Gasteiger charge is 2.25. The summed E-state index contributed by atoms with van der Waals surface area (Å²) in [4.78, 5) is 26.5. The van der Waals surface area contributed by atoms with Crippen LogP contribution in [0.5, 0.6) is 0 Å². The van der Waals surface area contributed by atoms with E-state index in [1.807, 2.05) is 67.6 Å². The minimum absolute atomic E-state index is 0.0322. The molecule has 0 aliphatic rings. The number of nitrogens with one attached hydrogen (secondary N) is 1. The number of amides is 1. The summed E-state index contributed by atoms with van der Waals surface area (Å²) in [6.45, 7) is 3.96. The van der Waals surface area contributed by atoms with E-state index in [2.05, 4.69) is 20.6 Å². The minimum atomic E-state index is -0.531. The maximum atomic E-state index is 13.3. The van der Waals surface area contributed by atoms with Gasteiger partial charge in [0.25, 0.3) is 11.5 Å². The Morgan fingerprint density at radius 3 is 2.20 bits per heavy atom. The molecule has 1 amide bonds. The van der Waals surface area contributed by atoms with Gasteiger partial charge in [-0.2, -0.15) is 5.10 Å². The van der Waals surface area contributed by atoms with E-state index in [9.17, 15) is 9.59 Å². The van der Waals surface area contributed by atoms with Gasteiger partial charge in [-0.15, -0.1) is 10.2 Å². The molecule has 4 rings (SSSR count). The summed E-state index contributed by atoms with van der Waals surface area (Å²) in [6.07, 6.45) is 0. The number of hydrogen-bond acceptors (Lipinski definition) is 6. The molecule has 0 aliphatic heterocycles. The van der Waals surface area contributed by atoms with Crippen molar-refractivity contribution in [2.75, 3.05) is 5.32 Å². The van der Waals surface area contributed by atoms with Crippen molar-refractivity contribution in [2.24, 2.45) is 0 Å². The van der Waals surface area contributed by atoms with E-state index < -0.39 is 11.5 Å². The maximum absolute atomic E-state index is 13.3. The van der Waals surface area contributed by atoms with Gasteiger partial charge in [-0.05, 0) is 19.4 Å². The smallest absolute Gasteiger partial charge is 0.280 e. The molecule has 4 aromatic rings. The summed E-state index contributed by atoms with van der Waals surface area (Å²) in [7, 11) is 0. The van der Waals surface area contributed by atoms with E-state index in [0.717, 1.165) is 16.1 Å². The molecule has 0 saturated heterocycles. The zero-order chi connectivity index (χ0) is 21.1. The lowest BCUT2D eigenvalue weighted by molar-refractivity contribution is 0.102. The molecule has 0 saturated carbocycles. The zero-order valence-electron chi connectivity index (χ0n) is 16.5. The van der Waals surface area contributed by atoms with E-state index in [1.165, 1.54) is 16.0 Å². The normalized spacial score (nSPS) is 10.7. The summed E-state index contributed by atoms with van der Waals surface area (Å²) in [5, 5.41) is 16.3. The molecule has 0 radical (unpaired) electrons. The van der Waals surface area contributed by atoms with Crippen LogP contribution < -0.4 is 10.9 Å². The van der Waals surface area contributed by atoms with Gasteiger partial charge in [-0.1, -0.05) is 72.0 Å². The van der Waals surface area contributed by atoms with Crippen molar-refractivity contribution in [3.63, 3.8) is 0 Å². The average Bonchev–Trinajstić information content (AvgIpc) is 3.18. The standard InChI is InChI=1S/C22H19N5O2S/c1-3-27-21(29)18(20(28)23-22-25-24-14(2)30-22)17(15-10-6-4-7-11-15)19(26-27)16-12-8-5-9-13-16/h4-13H,3H2,1-2H3,(H,23,25,28). The molecular formula is C22H19N5O2S. The molecule has 0 spiro atoms. The van der Waals surface area contributed by atoms with E-state index in [1.54, 1.807) is 6.92 Å². The number of aromatic nitrogens is 4. The van der Waals surface area contributed by atoms with Crippen LogP contribution in [0, 0.1) is 6.92 Å². The van der Waals surface area contributed by atoms with Crippen molar-refractivity contribution in [1.29, 1.82) is 0 Å². The molecule has 0 atom stereocenters. The second kappa shape index (κ2) is 8.38. The molecule has 2 aromatic heterocycles. The highest BCUT2D eigenvalue weighted by atomic mass is 32.1. The molecule has 30 heavy (non-hydrogen) atoms. The van der Waals surface area contributed by atoms with Crippen molar-refractivity contribution in [1.82, 2.24) is 20.0 Å². The van der Waals surface area contributed by atoms with E-state index in [4.69, 9.17) is 0 Å². The topological polar surface area (TPSA) is 89.8 Å². The fourth-order valence-corrected chi connectivity index (χ4v) is 3.77. The first-order valence-electron chi connectivity index (χ1n) is 9.46. The predicted molar refractivity (Wildman–Crippen MR) is 118 cm³/mol. The monoisotopic (exact) mass is 417 g/mol. The Morgan fingerprint density at radius 2 is 1.63 bits per heavy atom. The number of carbonyl (C=O) groups is 1. The van der Waals surface area contributed by atoms with E-state index in [-0.39, 0.29) is 5.56 Å². The number of hydrogen-bond donors (Lipinski definition) is 1. The molecule has 8 heteroatoms. The van der Waals surface area contributed by atoms with Gasteiger partial charge in [0.2, 0.25) is 5.13 Å². The van der Waals surface area contributed by atoms with Crippen LogP contribution in [0.25, 0.3) is 22.4 Å². The number of nitrogens with zero attached hydrogens (tertiary/aromatic N) is 4. The molecule has 7 nitrogen and oxygen atoms in total. The van der Waals surface area contributed by atoms with Gasteiger partial charge >= 0.3 is 0 Å². The minimum Gasteiger partial charge on any atom is -0.296 e. The number of carbonyl (C=O) groups excluding carboxylic acids is 1. The molecule has 1 N–H and O–H groups in total. The van der Waals surface area contributed by atoms with Gasteiger partial charge in [0, 0.05) is 17.7 Å². The molecule has 0 unspecified atom stereocenters. The van der Waals surface area contributed by atoms with Crippen molar-refractivity contribution in [2.45, 2.75) is 20.4 Å². The Hall–Kier alpha value is -3.65. The third-order valence-corrected chi connectivity index (χ3v) is 5.29. The van der Waals surface area contributed by atoms with Crippen LogP contribution >= 0.6 is 11.3 Å². The third kappa shape index (κ3) is 3.77. The van der Waals surface area contributed by atoms with Crippen molar-refractivity contribution < 1.29 is 4.79 Å². The van der Waals surface area contributed by atoms with Crippen LogP contribution in [0.2, 0.25) is 0 Å². The van der Waals surface area contributed by atoms with Crippen LogP contribution in [0.3, 0.4) is 0 Å². The van der Waals surface area contributed by atoms with Crippen LogP contribution in [0.15, 0.2) is 65.5 Å². The lowest BCUT2D eigenvalue weighted by Crippen LogP contribution is -2.32. The molecule has 0 bridgehead atoms. The lowest BCUT2D eigenvalue weighted by Gasteiger charge is -2.16. The molecule has 0 fully saturated rings. The van der Waals surface area contributed by atoms with Crippen molar-refractivity contribution in [3.8, 4) is 22.4 Å². The third-order valence-electron chi connectivity index (χ3n) is 4.54. The molecule has 2 heterocycles. The zero-order valence-corrected chi connectivity index (χ0v) is 17.3. The van der Waals surface area contributed by atoms with Crippen LogP contribution in [0.1, 0.15) is 22.3 Å². The number of rotatable bonds is 5. The molecular weight excluding hydrogens is 398 g/mol. The largest absolute Gasteiger partial charge is 0.296 e. The second-order valence-corrected chi connectivity index (χ2v) is 7.71. The summed E-state index contributed by atoms with van der Waals surface area (Å²) >= 11 is 1.25. The van der Waals surface area contributed by atoms with Crippen molar-refractivity contribution >= 4 is 22.4 Å². The van der Waals surface area contributed by atoms with Crippen LogP contribution in [-0.2, 0) is 6.54 Å². The first-order valence-corrected chi connectivity index (χ1v) is 10.3. The van der Waals surface area contributed by atoms with Gasteiger partial charge in [-0.3, -0.25) is 14.9 Å². The summed E-state index contributed by atoms with van der Waals surface area (Å²) in [5.41, 5.74) is 2.21. The summed E-state index contributed by atoms with van der Waals surface area (Å²) in [5.74, 6) is -0.531. The first-order chi connectivity index (χ1) is 14.6. The fourth-order valence-electron chi connectivity index (χ4n) is 3.19. The maximum Gasteiger partial charge on any atom is 0.280 e. The van der Waals surface area contributed by atoms with E-state index >= 15 is 0 Å². The Labute approximate surface area is 177 Å². The highest BCUT2D eigenvalue weighted by molar-refractivity contribution is 7.15. The molecule has 150 valence electrons. The number of anilines is 1. The van der Waals surface area contributed by atoms with Crippen LogP contribution in [0.4, 0.5) is 5.13 Å². The Kier molecular flexibility index (Phi) is 5.49. The quantitative estimate of drug-likeness (QED) is 0.530. The number of benzene rings is 2. The van der Waals surface area contributed by atoms with Gasteiger partial charge in [-0.25, -0.2) is 4.68 Å². The average molecular weight is 417 g/mol. The van der Waals surface area contributed by atoms with Crippen molar-refractivity contribution in [3.05, 3.63) is 81.6 Å². The lowest BCUT2D eigenvalue weighted by atomic mass is 9.95. The number of aryl methyl sites for hydroxylation is 2. The Balaban J connectivity index is 1.99. The Bertz CT molecular complexity index is 1250. The SMILES string of the molecule is CCn1nc(-c2ccccc2)c(-c2ccccc2)c(C(=O)Nc2nnc(C)s2)c1=O. The highest BCUT2D eigenvalue weighted by Crippen LogP contribution is 2.32. The van der Waals surface area contributed by atoms with E-state index in [0.29, 0.717) is 22.9 Å². The molecule has 0 aliphatic carbocycles. The predicted octanol–water partition coefficient (Wildman–Crippen LogP) is 4.01. The summed E-state index contributed by atoms with van der Waals surface area (Å²) < 4.78 is 1.31. The molecule has 2 aromatic carbocycles. The van der Waals surface area contributed by atoms with Gasteiger partial charge in [0.05, 0.1) is 5.69 Å². The van der Waals surface area contributed by atoms with Gasteiger partial charge in [0.15, 0.2) is 0 Å². The van der Waals surface area contributed by atoms with Gasteiger partial charge in [0.1, 0.15) is 10.6 Å². The Morgan fingerprint density at radius 1 is 1.00 bits per heavy atom. The fraction of sp³-hybridized carbons (Fsp3) is 0.136. The first kappa shape index (κ1) is 19.7.